The molecule has 1 fully saturated rings. The molecule has 1 saturated heterocycles. The Morgan fingerprint density at radius 1 is 1.60 bits per heavy atom. The number of urea groups is 1. The van der Waals surface area contributed by atoms with Crippen LogP contribution < -0.4 is 5.32 Å². The van der Waals surface area contributed by atoms with E-state index in [4.69, 9.17) is 0 Å². The molecule has 20 heavy (non-hydrogen) atoms. The van der Waals surface area contributed by atoms with Crippen LogP contribution in [0.5, 0.6) is 0 Å². The molecule has 1 aromatic rings. The van der Waals surface area contributed by atoms with Crippen molar-refractivity contribution in [3.05, 3.63) is 18.0 Å². The molecule has 7 nitrogen and oxygen atoms in total. The highest BCUT2D eigenvalue weighted by Crippen LogP contribution is 2.33. The molecule has 110 valence electrons. The summed E-state index contributed by atoms with van der Waals surface area (Å²) in [6.45, 7) is 2.96. The van der Waals surface area contributed by atoms with Crippen molar-refractivity contribution in [2.75, 3.05) is 13.1 Å². The second-order valence-corrected chi connectivity index (χ2v) is 5.11. The number of hydrogen-bond donors (Lipinski definition) is 2. The third-order valence-corrected chi connectivity index (χ3v) is 3.91. The molecule has 1 unspecified atom stereocenters. The van der Waals surface area contributed by atoms with Crippen molar-refractivity contribution in [3.63, 3.8) is 0 Å². The fourth-order valence-corrected chi connectivity index (χ4v) is 2.53. The molecule has 2 amide bonds. The quantitative estimate of drug-likeness (QED) is 0.871. The first-order valence-corrected chi connectivity index (χ1v) is 6.73. The monoisotopic (exact) mass is 281 g/mol. The van der Waals surface area contributed by atoms with Gasteiger partial charge < -0.3 is 19.8 Å². The molecule has 0 aromatic carbocycles. The lowest BCUT2D eigenvalue weighted by atomic mass is 9.78. The number of hydrogen-bond acceptors (Lipinski definition) is 4. The van der Waals surface area contributed by atoms with Crippen LogP contribution in [0, 0.1) is 5.41 Å². The Bertz CT molecular complexity index is 474. The van der Waals surface area contributed by atoms with E-state index in [1.807, 2.05) is 6.92 Å². The molecule has 0 bridgehead atoms. The van der Waals surface area contributed by atoms with Crippen molar-refractivity contribution in [2.45, 2.75) is 32.7 Å². The predicted molar refractivity (Wildman–Crippen MR) is 69.9 cm³/mol. The smallest absolute Gasteiger partial charge is 0.317 e. The van der Waals surface area contributed by atoms with Gasteiger partial charge >= 0.3 is 12.0 Å². The third-order valence-electron chi connectivity index (χ3n) is 3.91. The summed E-state index contributed by atoms with van der Waals surface area (Å²) in [5, 5.41) is 15.8. The van der Waals surface area contributed by atoms with Crippen molar-refractivity contribution >= 4 is 12.0 Å². The van der Waals surface area contributed by atoms with Gasteiger partial charge in [-0.1, -0.05) is 12.1 Å². The molecular formula is C13H19N3O4. The summed E-state index contributed by atoms with van der Waals surface area (Å²) in [5.74, 6) is -0.825. The van der Waals surface area contributed by atoms with Gasteiger partial charge in [0.2, 0.25) is 0 Å². The number of carbonyl (C=O) groups is 2. The third kappa shape index (κ3) is 2.92. The van der Waals surface area contributed by atoms with Gasteiger partial charge in [-0.3, -0.25) is 4.79 Å². The molecule has 2 rings (SSSR count). The number of carbonyl (C=O) groups excluding carboxylic acids is 1. The largest absolute Gasteiger partial charge is 0.481 e. The SMILES string of the molecule is CCC1(C(=O)O)CCCN(C(=O)NCc2ccon2)C1. The van der Waals surface area contributed by atoms with Crippen molar-refractivity contribution in [1.82, 2.24) is 15.4 Å². The Labute approximate surface area is 116 Å². The Kier molecular flexibility index (Phi) is 4.26. The standard InChI is InChI=1S/C13H19N3O4/c1-2-13(11(17)18)5-3-6-16(9-13)12(19)14-8-10-4-7-20-15-10/h4,7H,2-3,5-6,8-9H2,1H3,(H,14,19)(H,17,18). The highest BCUT2D eigenvalue weighted by molar-refractivity contribution is 5.78. The van der Waals surface area contributed by atoms with E-state index in [-0.39, 0.29) is 19.1 Å². The van der Waals surface area contributed by atoms with Gasteiger partial charge in [0, 0.05) is 19.2 Å². The van der Waals surface area contributed by atoms with Crippen LogP contribution in [0.3, 0.4) is 0 Å². The Morgan fingerprint density at radius 3 is 3.00 bits per heavy atom. The fraction of sp³-hybridized carbons (Fsp3) is 0.615. The second kappa shape index (κ2) is 5.94. The van der Waals surface area contributed by atoms with Crippen molar-refractivity contribution in [2.24, 2.45) is 5.41 Å². The molecule has 0 spiro atoms. The molecule has 1 aliphatic rings. The first-order chi connectivity index (χ1) is 9.57. The minimum atomic E-state index is -0.825. The van der Waals surface area contributed by atoms with E-state index in [1.165, 1.54) is 6.26 Å². The first-order valence-electron chi connectivity index (χ1n) is 6.73. The van der Waals surface area contributed by atoms with Gasteiger partial charge in [0.25, 0.3) is 0 Å². The average molecular weight is 281 g/mol. The summed E-state index contributed by atoms with van der Waals surface area (Å²) >= 11 is 0. The average Bonchev–Trinajstić information content (AvgIpc) is 2.97. The lowest BCUT2D eigenvalue weighted by molar-refractivity contribution is -0.152. The maximum Gasteiger partial charge on any atom is 0.317 e. The van der Waals surface area contributed by atoms with Crippen LogP contribution >= 0.6 is 0 Å². The van der Waals surface area contributed by atoms with Gasteiger partial charge in [-0.05, 0) is 19.3 Å². The number of nitrogens with one attached hydrogen (secondary N) is 1. The zero-order valence-corrected chi connectivity index (χ0v) is 11.5. The number of aromatic nitrogens is 1. The summed E-state index contributed by atoms with van der Waals surface area (Å²) < 4.78 is 4.68. The van der Waals surface area contributed by atoms with E-state index >= 15 is 0 Å². The highest BCUT2D eigenvalue weighted by Gasteiger charge is 2.42. The maximum absolute atomic E-state index is 12.1. The molecule has 0 saturated carbocycles. The summed E-state index contributed by atoms with van der Waals surface area (Å²) in [6, 6.07) is 1.41. The zero-order valence-electron chi connectivity index (χ0n) is 11.5. The Balaban J connectivity index is 1.94. The number of piperidine rings is 1. The zero-order chi connectivity index (χ0) is 14.6. The molecule has 0 radical (unpaired) electrons. The molecule has 7 heteroatoms. The van der Waals surface area contributed by atoms with Crippen molar-refractivity contribution in [3.8, 4) is 0 Å². The second-order valence-electron chi connectivity index (χ2n) is 5.11. The van der Waals surface area contributed by atoms with Gasteiger partial charge in [0.15, 0.2) is 0 Å². The fourth-order valence-electron chi connectivity index (χ4n) is 2.53. The van der Waals surface area contributed by atoms with Gasteiger partial charge in [-0.15, -0.1) is 0 Å². The first kappa shape index (κ1) is 14.4. The normalized spacial score (nSPS) is 22.6. The van der Waals surface area contributed by atoms with Gasteiger partial charge in [-0.25, -0.2) is 4.79 Å². The van der Waals surface area contributed by atoms with E-state index in [2.05, 4.69) is 15.0 Å². The molecular weight excluding hydrogens is 262 g/mol. The van der Waals surface area contributed by atoms with E-state index in [9.17, 15) is 14.7 Å². The van der Waals surface area contributed by atoms with Crippen LogP contribution in [0.4, 0.5) is 4.79 Å². The summed E-state index contributed by atoms with van der Waals surface area (Å²) in [5.41, 5.74) is -0.181. The predicted octanol–water partition coefficient (Wildman–Crippen LogP) is 1.46. The highest BCUT2D eigenvalue weighted by atomic mass is 16.5. The lowest BCUT2D eigenvalue weighted by Gasteiger charge is -2.39. The number of aliphatic carboxylic acids is 1. The topological polar surface area (TPSA) is 95.7 Å². The molecule has 1 atom stereocenters. The molecule has 2 N–H and O–H groups in total. The van der Waals surface area contributed by atoms with Crippen LogP contribution in [0.25, 0.3) is 0 Å². The van der Waals surface area contributed by atoms with Gasteiger partial charge in [0.05, 0.1) is 12.0 Å². The van der Waals surface area contributed by atoms with Crippen LogP contribution in [0.15, 0.2) is 16.9 Å². The van der Waals surface area contributed by atoms with Gasteiger partial charge in [0.1, 0.15) is 12.0 Å². The number of carboxylic acid groups (broad SMARTS) is 1. The number of nitrogens with zero attached hydrogens (tertiary/aromatic N) is 2. The molecule has 0 aliphatic carbocycles. The van der Waals surface area contributed by atoms with Crippen molar-refractivity contribution < 1.29 is 19.2 Å². The molecule has 1 aliphatic heterocycles. The minimum absolute atomic E-state index is 0.253. The summed E-state index contributed by atoms with van der Waals surface area (Å²) in [4.78, 5) is 25.1. The summed E-state index contributed by atoms with van der Waals surface area (Å²) in [6.07, 6.45) is 3.29. The number of carboxylic acids is 1. The summed E-state index contributed by atoms with van der Waals surface area (Å²) in [7, 11) is 0. The number of rotatable bonds is 4. The van der Waals surface area contributed by atoms with E-state index < -0.39 is 11.4 Å². The Hall–Kier alpha value is -2.05. The minimum Gasteiger partial charge on any atom is -0.481 e. The van der Waals surface area contributed by atoms with E-state index in [0.717, 1.165) is 0 Å². The number of amides is 2. The van der Waals surface area contributed by atoms with Crippen molar-refractivity contribution in [1.29, 1.82) is 0 Å². The number of likely N-dealkylation sites (tertiary alicyclic amines) is 1. The van der Waals surface area contributed by atoms with Crippen LogP contribution in [-0.4, -0.2) is 40.3 Å². The van der Waals surface area contributed by atoms with Gasteiger partial charge in [-0.2, -0.15) is 0 Å². The van der Waals surface area contributed by atoms with E-state index in [0.29, 0.717) is 31.5 Å². The van der Waals surface area contributed by atoms with Crippen LogP contribution in [0.1, 0.15) is 31.9 Å². The lowest BCUT2D eigenvalue weighted by Crippen LogP contribution is -2.52. The molecule has 2 heterocycles. The van der Waals surface area contributed by atoms with E-state index in [1.54, 1.807) is 11.0 Å². The van der Waals surface area contributed by atoms with Crippen LogP contribution in [-0.2, 0) is 11.3 Å². The maximum atomic E-state index is 12.1. The van der Waals surface area contributed by atoms with Crippen LogP contribution in [0.2, 0.25) is 0 Å². The Morgan fingerprint density at radius 2 is 2.40 bits per heavy atom. The molecule has 1 aromatic heterocycles.